The number of nitrogens with one attached hydrogen (secondary N) is 2. The lowest BCUT2D eigenvalue weighted by Crippen LogP contribution is -2.61. The van der Waals surface area contributed by atoms with Gasteiger partial charge in [0.2, 0.25) is 5.82 Å². The molecule has 1 unspecified atom stereocenters. The second kappa shape index (κ2) is 12.0. The van der Waals surface area contributed by atoms with Crippen LogP contribution in [0.3, 0.4) is 0 Å². The zero-order chi connectivity index (χ0) is 24.8. The number of aromatic nitrogens is 2. The molecule has 31 heavy (non-hydrogen) atoms. The summed E-state index contributed by atoms with van der Waals surface area (Å²) in [4.78, 5) is 57.7. The van der Waals surface area contributed by atoms with Crippen LogP contribution in [0, 0.1) is 5.82 Å². The van der Waals surface area contributed by atoms with Crippen LogP contribution >= 0.6 is 50.5 Å². The van der Waals surface area contributed by atoms with Gasteiger partial charge in [0.15, 0.2) is 5.15 Å². The van der Waals surface area contributed by atoms with Crippen molar-refractivity contribution < 1.29 is 27.7 Å². The number of nitrogens with zero attached hydrogens (tertiary/aromatic N) is 2. The van der Waals surface area contributed by atoms with Crippen LogP contribution in [0.25, 0.3) is 0 Å². The van der Waals surface area contributed by atoms with Crippen molar-refractivity contribution in [1.82, 2.24) is 19.8 Å². The molecule has 1 aromatic rings. The second-order valence-corrected chi connectivity index (χ2v) is 13.2. The molecular formula is C14H17Cl4F2N4O6P. The molecule has 0 saturated carbocycles. The molecule has 0 aromatic carbocycles. The number of carbonyl (C=O) groups excluding carboxylic acids is 3. The molecule has 1 aliphatic rings. The zero-order valence-electron chi connectivity index (χ0n) is 16.3. The predicted molar refractivity (Wildman–Crippen MR) is 112 cm³/mol. The molecule has 0 aliphatic carbocycles. The van der Waals surface area contributed by atoms with Crippen LogP contribution in [0.1, 0.15) is 33.7 Å². The first-order chi connectivity index (χ1) is 13.9. The highest BCUT2D eigenvalue weighted by molar-refractivity contribution is 8.24. The molecule has 2 heterocycles. The third-order valence-electron chi connectivity index (χ3n) is 3.20. The molecule has 1 aliphatic heterocycles. The molecule has 4 amide bonds. The average molecular weight is 548 g/mol. The molecule has 10 nitrogen and oxygen atoms in total. The van der Waals surface area contributed by atoms with E-state index in [0.717, 1.165) is 4.57 Å². The topological polar surface area (TPSA) is 138 Å². The summed E-state index contributed by atoms with van der Waals surface area (Å²) in [5.41, 5.74) is -1.70. The Bertz CT molecular complexity index is 1000. The molecule has 2 N–H and O–H groups in total. The van der Waals surface area contributed by atoms with E-state index in [1.165, 1.54) is 0 Å². The molecule has 1 atom stereocenters. The number of aromatic amines is 1. The summed E-state index contributed by atoms with van der Waals surface area (Å²) in [6.45, 7) is 6.31. The maximum absolute atomic E-state index is 12.9. The van der Waals surface area contributed by atoms with Gasteiger partial charge < -0.3 is 0 Å². The van der Waals surface area contributed by atoms with Crippen molar-refractivity contribution in [2.75, 3.05) is 0 Å². The number of amides is 4. The molecule has 2 rings (SSSR count). The van der Waals surface area contributed by atoms with E-state index >= 15 is 0 Å². The molecule has 17 heteroatoms. The molecule has 1 aromatic heterocycles. The smallest absolute Gasteiger partial charge is 0.295 e. The normalized spacial score (nSPS) is 16.5. The summed E-state index contributed by atoms with van der Waals surface area (Å²) < 4.78 is 36.0. The van der Waals surface area contributed by atoms with Crippen LogP contribution < -0.4 is 16.6 Å². The molecule has 0 spiro atoms. The van der Waals surface area contributed by atoms with Gasteiger partial charge in [0.05, 0.1) is 0 Å². The molecule has 1 fully saturated rings. The number of alkyl halides is 1. The fraction of sp³-hybridized carbons (Fsp3) is 0.500. The van der Waals surface area contributed by atoms with Gasteiger partial charge in [-0.1, -0.05) is 11.6 Å². The molecule has 176 valence electrons. The van der Waals surface area contributed by atoms with Gasteiger partial charge in [-0.05, 0) is 61.4 Å². The molecular weight excluding hydrogens is 531 g/mol. The van der Waals surface area contributed by atoms with E-state index in [9.17, 15) is 37.3 Å². The van der Waals surface area contributed by atoms with Crippen molar-refractivity contribution in [3.05, 3.63) is 31.8 Å². The van der Waals surface area contributed by atoms with Crippen LogP contribution in [0.4, 0.5) is 13.6 Å². The Morgan fingerprint density at radius 2 is 1.45 bits per heavy atom. The standard InChI is InChI=1S/C7H8ClFN2O2.C7H9FN2O3.Cl3OP/c1-3(2)11-6(12)4(9)5(8)10-7(11)13;1-3(2)10-6(12)4(8)5(11)9-7(10)13;1-5(2,3)4/h3H,1-2H3,(H,10,13);3-4H,1-2H3,(H,9,11,13);. The molecule has 1 saturated heterocycles. The second-order valence-electron chi connectivity index (χ2n) is 6.18. The highest BCUT2D eigenvalue weighted by Crippen LogP contribution is 2.61. The average Bonchev–Trinajstić information content (AvgIpc) is 2.56. The Labute approximate surface area is 193 Å². The predicted octanol–water partition coefficient (Wildman–Crippen LogP) is 3.53. The lowest BCUT2D eigenvalue weighted by atomic mass is 10.2. The fourth-order valence-electron chi connectivity index (χ4n) is 2.02. The maximum atomic E-state index is 12.9. The van der Waals surface area contributed by atoms with Gasteiger partial charge in [-0.15, -0.1) is 0 Å². The van der Waals surface area contributed by atoms with Gasteiger partial charge in [0, 0.05) is 12.1 Å². The summed E-state index contributed by atoms with van der Waals surface area (Å²) >= 11 is 19.1. The first-order valence-corrected chi connectivity index (χ1v) is 12.9. The number of barbiturate groups is 1. The fourth-order valence-corrected chi connectivity index (χ4v) is 2.18. The minimum Gasteiger partial charge on any atom is -0.295 e. The Balaban J connectivity index is 0.000000479. The number of H-pyrrole nitrogens is 1. The van der Waals surface area contributed by atoms with Crippen LogP contribution in [0.15, 0.2) is 9.59 Å². The van der Waals surface area contributed by atoms with Gasteiger partial charge in [-0.3, -0.25) is 38.7 Å². The van der Waals surface area contributed by atoms with Crippen molar-refractivity contribution in [3.8, 4) is 0 Å². The summed E-state index contributed by atoms with van der Waals surface area (Å²) in [5.74, 6) is -3.41. The van der Waals surface area contributed by atoms with E-state index in [1.54, 1.807) is 33.0 Å². The minimum absolute atomic E-state index is 0.400. The third kappa shape index (κ3) is 9.28. The van der Waals surface area contributed by atoms with Crippen molar-refractivity contribution in [2.24, 2.45) is 0 Å². The Kier molecular flexibility index (Phi) is 11.4. The molecule has 0 radical (unpaired) electrons. The Morgan fingerprint density at radius 3 is 1.84 bits per heavy atom. The van der Waals surface area contributed by atoms with Crippen LogP contribution in [0.5, 0.6) is 0 Å². The van der Waals surface area contributed by atoms with Crippen molar-refractivity contribution >= 4 is 68.4 Å². The summed E-state index contributed by atoms with van der Waals surface area (Å²) in [7, 11) is 0. The third-order valence-corrected chi connectivity index (χ3v) is 3.46. The van der Waals surface area contributed by atoms with Gasteiger partial charge in [-0.2, -0.15) is 4.39 Å². The Hall–Kier alpha value is -1.46. The highest BCUT2D eigenvalue weighted by atomic mass is 36.0. The van der Waals surface area contributed by atoms with Crippen LogP contribution in [-0.4, -0.2) is 44.5 Å². The number of rotatable bonds is 2. The van der Waals surface area contributed by atoms with Gasteiger partial charge in [-0.25, -0.2) is 14.0 Å². The minimum atomic E-state index is -3.22. The first kappa shape index (κ1) is 29.5. The van der Waals surface area contributed by atoms with Crippen LogP contribution in [0.2, 0.25) is 5.15 Å². The van der Waals surface area contributed by atoms with E-state index in [1.807, 2.05) is 4.98 Å². The van der Waals surface area contributed by atoms with Gasteiger partial charge in [0.1, 0.15) is 0 Å². The lowest BCUT2D eigenvalue weighted by molar-refractivity contribution is -0.144. The van der Waals surface area contributed by atoms with Gasteiger partial charge in [0.25, 0.3) is 23.5 Å². The van der Waals surface area contributed by atoms with E-state index in [4.69, 9.17) is 11.6 Å². The monoisotopic (exact) mass is 546 g/mol. The van der Waals surface area contributed by atoms with Crippen LogP contribution in [-0.2, 0) is 14.2 Å². The number of halogens is 6. The van der Waals surface area contributed by atoms with Crippen molar-refractivity contribution in [1.29, 1.82) is 0 Å². The van der Waals surface area contributed by atoms with Crippen molar-refractivity contribution in [3.63, 3.8) is 0 Å². The SMILES string of the molecule is CC(C)N1C(=O)NC(=O)C(F)C1=O.CC(C)n1c(=O)[nH]c(Cl)c(F)c1=O.O=P(Cl)(Cl)Cl. The summed E-state index contributed by atoms with van der Waals surface area (Å²) in [6.07, 6.45) is -2.26. The number of hydrogen-bond donors (Lipinski definition) is 2. The number of imide groups is 2. The largest absolute Gasteiger partial charge is 0.339 e. The summed E-state index contributed by atoms with van der Waals surface area (Å²) in [6, 6.07) is -1.72. The number of hydrogen-bond acceptors (Lipinski definition) is 6. The maximum Gasteiger partial charge on any atom is 0.339 e. The zero-order valence-corrected chi connectivity index (χ0v) is 20.2. The lowest BCUT2D eigenvalue weighted by Gasteiger charge is -2.29. The molecule has 0 bridgehead atoms. The van der Waals surface area contributed by atoms with Crippen molar-refractivity contribution in [2.45, 2.75) is 46.0 Å². The Morgan fingerprint density at radius 1 is 1.00 bits per heavy atom. The van der Waals surface area contributed by atoms with E-state index in [-0.39, 0.29) is 0 Å². The van der Waals surface area contributed by atoms with E-state index < -0.39 is 63.5 Å². The number of carbonyl (C=O) groups is 3. The highest BCUT2D eigenvalue weighted by Gasteiger charge is 2.41. The summed E-state index contributed by atoms with van der Waals surface area (Å²) in [5, 5.41) is -2.03. The first-order valence-electron chi connectivity index (χ1n) is 8.10. The quantitative estimate of drug-likeness (QED) is 0.330. The van der Waals surface area contributed by atoms with E-state index in [2.05, 4.69) is 33.7 Å². The van der Waals surface area contributed by atoms with E-state index in [0.29, 0.717) is 4.90 Å². The van der Waals surface area contributed by atoms with Gasteiger partial charge >= 0.3 is 16.9 Å². The number of urea groups is 1.